The standard InChI is InChI=1S/C23H24N2O5S2/c1-2-30-22-12-6-7-13-23(22)31(26,27)24-19-15-14-18-9-8-16-25(21(18)17-19)32(28,29)20-10-4-3-5-11-20/h3-7,10-15,17,24H,2,8-9,16H2,1H3. The van der Waals surface area contributed by atoms with Crippen LogP contribution in [0.2, 0.25) is 0 Å². The van der Waals surface area contributed by atoms with E-state index in [1.54, 1.807) is 73.7 Å². The van der Waals surface area contributed by atoms with Gasteiger partial charge in [-0.15, -0.1) is 0 Å². The first-order chi connectivity index (χ1) is 15.3. The number of anilines is 2. The normalized spacial score (nSPS) is 14.0. The van der Waals surface area contributed by atoms with Crippen LogP contribution in [0.4, 0.5) is 11.4 Å². The summed E-state index contributed by atoms with van der Waals surface area (Å²) in [6, 6.07) is 19.6. The largest absolute Gasteiger partial charge is 0.492 e. The van der Waals surface area contributed by atoms with Gasteiger partial charge in [-0.1, -0.05) is 36.4 Å². The van der Waals surface area contributed by atoms with Gasteiger partial charge in [0.1, 0.15) is 10.6 Å². The molecule has 0 aliphatic carbocycles. The number of aryl methyl sites for hydroxylation is 1. The minimum absolute atomic E-state index is 0.0216. The molecule has 0 saturated carbocycles. The van der Waals surface area contributed by atoms with E-state index in [4.69, 9.17) is 4.74 Å². The van der Waals surface area contributed by atoms with Gasteiger partial charge in [0.2, 0.25) is 0 Å². The third kappa shape index (κ3) is 4.31. The second kappa shape index (κ2) is 8.84. The molecule has 0 saturated heterocycles. The first-order valence-corrected chi connectivity index (χ1v) is 13.2. The van der Waals surface area contributed by atoms with Gasteiger partial charge in [0.25, 0.3) is 20.0 Å². The number of benzene rings is 3. The molecule has 0 unspecified atom stereocenters. The Morgan fingerprint density at radius 2 is 1.66 bits per heavy atom. The Morgan fingerprint density at radius 3 is 2.41 bits per heavy atom. The van der Waals surface area contributed by atoms with Crippen LogP contribution >= 0.6 is 0 Å². The molecule has 9 heteroatoms. The Labute approximate surface area is 188 Å². The van der Waals surface area contributed by atoms with E-state index in [0.717, 1.165) is 12.0 Å². The Morgan fingerprint density at radius 1 is 0.938 bits per heavy atom. The van der Waals surface area contributed by atoms with Gasteiger partial charge in [-0.2, -0.15) is 0 Å². The number of fused-ring (bicyclic) bond motifs is 1. The van der Waals surface area contributed by atoms with E-state index in [9.17, 15) is 16.8 Å². The Kier molecular flexibility index (Phi) is 6.12. The quantitative estimate of drug-likeness (QED) is 0.561. The van der Waals surface area contributed by atoms with E-state index in [1.165, 1.54) is 10.4 Å². The molecule has 32 heavy (non-hydrogen) atoms. The predicted octanol–water partition coefficient (Wildman–Crippen LogP) is 4.03. The van der Waals surface area contributed by atoms with Gasteiger partial charge in [-0.05, 0) is 61.7 Å². The van der Waals surface area contributed by atoms with Crippen LogP contribution in [0.15, 0.2) is 82.6 Å². The molecule has 1 aliphatic heterocycles. The zero-order chi connectivity index (χ0) is 22.8. The van der Waals surface area contributed by atoms with Crippen molar-refractivity contribution in [1.29, 1.82) is 0 Å². The van der Waals surface area contributed by atoms with Crippen LogP contribution in [0.3, 0.4) is 0 Å². The molecule has 0 aromatic heterocycles. The van der Waals surface area contributed by atoms with Crippen LogP contribution in [-0.2, 0) is 26.5 Å². The van der Waals surface area contributed by atoms with Gasteiger partial charge in [-0.25, -0.2) is 16.8 Å². The molecule has 168 valence electrons. The van der Waals surface area contributed by atoms with Gasteiger partial charge in [-0.3, -0.25) is 9.03 Å². The number of para-hydroxylation sites is 1. The van der Waals surface area contributed by atoms with Crippen molar-refractivity contribution in [3.8, 4) is 5.75 Å². The fourth-order valence-electron chi connectivity index (χ4n) is 3.73. The summed E-state index contributed by atoms with van der Waals surface area (Å²) in [4.78, 5) is 0.220. The SMILES string of the molecule is CCOc1ccccc1S(=O)(=O)Nc1ccc2c(c1)N(S(=O)(=O)c1ccccc1)CCC2. The van der Waals surface area contributed by atoms with E-state index in [0.29, 0.717) is 25.3 Å². The summed E-state index contributed by atoms with van der Waals surface area (Å²) in [5.74, 6) is 0.258. The molecule has 7 nitrogen and oxygen atoms in total. The van der Waals surface area contributed by atoms with Crippen molar-refractivity contribution in [3.05, 3.63) is 78.4 Å². The summed E-state index contributed by atoms with van der Waals surface area (Å²) in [7, 11) is -7.71. The van der Waals surface area contributed by atoms with Crippen LogP contribution in [0.1, 0.15) is 18.9 Å². The van der Waals surface area contributed by atoms with Crippen LogP contribution < -0.4 is 13.8 Å². The minimum atomic E-state index is -3.94. The van der Waals surface area contributed by atoms with Crippen LogP contribution in [-0.4, -0.2) is 30.0 Å². The monoisotopic (exact) mass is 472 g/mol. The molecule has 3 aromatic carbocycles. The highest BCUT2D eigenvalue weighted by molar-refractivity contribution is 7.93. The summed E-state index contributed by atoms with van der Waals surface area (Å²) < 4.78 is 62.0. The van der Waals surface area contributed by atoms with E-state index in [1.807, 2.05) is 0 Å². The van der Waals surface area contributed by atoms with E-state index in [-0.39, 0.29) is 21.2 Å². The number of rotatable bonds is 7. The lowest BCUT2D eigenvalue weighted by molar-refractivity contribution is 0.331. The zero-order valence-corrected chi connectivity index (χ0v) is 19.2. The average Bonchev–Trinajstić information content (AvgIpc) is 2.79. The van der Waals surface area contributed by atoms with Crippen LogP contribution in [0.5, 0.6) is 5.75 Å². The highest BCUT2D eigenvalue weighted by Crippen LogP contribution is 2.35. The lowest BCUT2D eigenvalue weighted by atomic mass is 10.0. The number of ether oxygens (including phenoxy) is 1. The predicted molar refractivity (Wildman–Crippen MR) is 124 cm³/mol. The van der Waals surface area contributed by atoms with Crippen molar-refractivity contribution >= 4 is 31.4 Å². The number of sulfonamides is 2. The summed E-state index contributed by atoms with van der Waals surface area (Å²) in [5.41, 5.74) is 1.62. The molecule has 0 fully saturated rings. The second-order valence-corrected chi connectivity index (χ2v) is 10.8. The molecule has 0 atom stereocenters. The van der Waals surface area contributed by atoms with Crippen LogP contribution in [0, 0.1) is 0 Å². The Bertz CT molecular complexity index is 1320. The average molecular weight is 473 g/mol. The summed E-state index contributed by atoms with van der Waals surface area (Å²) in [6.45, 7) is 2.44. The molecule has 1 aliphatic rings. The molecular weight excluding hydrogens is 448 g/mol. The lowest BCUT2D eigenvalue weighted by Crippen LogP contribution is -2.35. The van der Waals surface area contributed by atoms with E-state index in [2.05, 4.69) is 4.72 Å². The molecule has 1 heterocycles. The maximum Gasteiger partial charge on any atom is 0.265 e. The summed E-state index contributed by atoms with van der Waals surface area (Å²) >= 11 is 0. The first kappa shape index (κ1) is 22.2. The van der Waals surface area contributed by atoms with Crippen molar-refractivity contribution in [2.24, 2.45) is 0 Å². The number of hydrogen-bond acceptors (Lipinski definition) is 5. The van der Waals surface area contributed by atoms with Gasteiger partial charge >= 0.3 is 0 Å². The summed E-state index contributed by atoms with van der Waals surface area (Å²) in [5, 5.41) is 0. The third-order valence-electron chi connectivity index (χ3n) is 5.18. The molecule has 3 aromatic rings. The lowest BCUT2D eigenvalue weighted by Gasteiger charge is -2.31. The molecule has 0 bridgehead atoms. The topological polar surface area (TPSA) is 92.8 Å². The van der Waals surface area contributed by atoms with Gasteiger partial charge in [0.15, 0.2) is 0 Å². The number of nitrogens with zero attached hydrogens (tertiary/aromatic N) is 1. The van der Waals surface area contributed by atoms with Crippen molar-refractivity contribution in [2.45, 2.75) is 29.6 Å². The van der Waals surface area contributed by atoms with Crippen molar-refractivity contribution in [3.63, 3.8) is 0 Å². The first-order valence-electron chi connectivity index (χ1n) is 10.3. The highest BCUT2D eigenvalue weighted by Gasteiger charge is 2.30. The second-order valence-electron chi connectivity index (χ2n) is 7.32. The highest BCUT2D eigenvalue weighted by atomic mass is 32.2. The molecule has 0 spiro atoms. The van der Waals surface area contributed by atoms with E-state index >= 15 is 0 Å². The van der Waals surface area contributed by atoms with Gasteiger partial charge in [0, 0.05) is 6.54 Å². The van der Waals surface area contributed by atoms with Gasteiger partial charge in [0.05, 0.1) is 22.9 Å². The molecule has 0 amide bonds. The third-order valence-corrected chi connectivity index (χ3v) is 8.43. The minimum Gasteiger partial charge on any atom is -0.492 e. The Balaban J connectivity index is 1.70. The maximum absolute atomic E-state index is 13.3. The summed E-state index contributed by atoms with van der Waals surface area (Å²) in [6.07, 6.45) is 1.40. The number of nitrogens with one attached hydrogen (secondary N) is 1. The fourth-order valence-corrected chi connectivity index (χ4v) is 6.48. The van der Waals surface area contributed by atoms with Gasteiger partial charge < -0.3 is 4.74 Å². The maximum atomic E-state index is 13.3. The van der Waals surface area contributed by atoms with Crippen LogP contribution in [0.25, 0.3) is 0 Å². The molecule has 4 rings (SSSR count). The van der Waals surface area contributed by atoms with E-state index < -0.39 is 20.0 Å². The molecule has 0 radical (unpaired) electrons. The van der Waals surface area contributed by atoms with Crippen molar-refractivity contribution < 1.29 is 21.6 Å². The number of hydrogen-bond donors (Lipinski definition) is 1. The Hall–Kier alpha value is -3.04. The molecular formula is C23H24N2O5S2. The smallest absolute Gasteiger partial charge is 0.265 e. The fraction of sp³-hybridized carbons (Fsp3) is 0.217. The van der Waals surface area contributed by atoms with Crippen molar-refractivity contribution in [2.75, 3.05) is 22.2 Å². The zero-order valence-electron chi connectivity index (χ0n) is 17.6. The molecule has 1 N–H and O–H groups in total. The van der Waals surface area contributed by atoms with Crippen molar-refractivity contribution in [1.82, 2.24) is 0 Å².